The van der Waals surface area contributed by atoms with E-state index < -0.39 is 0 Å². The minimum Gasteiger partial charge on any atom is -0.353 e. The number of aryl methyl sites for hydroxylation is 1. The third kappa shape index (κ3) is 6.63. The van der Waals surface area contributed by atoms with E-state index in [1.54, 1.807) is 11.3 Å². The quantitative estimate of drug-likeness (QED) is 0.682. The first-order chi connectivity index (χ1) is 16.7. The summed E-state index contributed by atoms with van der Waals surface area (Å²) in [7, 11) is 0. The smallest absolute Gasteiger partial charge is 0.228 e. The fourth-order valence-electron chi connectivity index (χ4n) is 6.27. The number of amides is 3. The summed E-state index contributed by atoms with van der Waals surface area (Å²) < 4.78 is 0. The van der Waals surface area contributed by atoms with Crippen molar-refractivity contribution in [2.75, 3.05) is 19.6 Å². The van der Waals surface area contributed by atoms with Crippen LogP contribution in [-0.4, -0.2) is 64.2 Å². The van der Waals surface area contributed by atoms with Crippen LogP contribution in [0.1, 0.15) is 76.4 Å². The van der Waals surface area contributed by atoms with Crippen LogP contribution in [0.2, 0.25) is 0 Å². The van der Waals surface area contributed by atoms with E-state index >= 15 is 0 Å². The number of fused-ring (bicyclic) bond motifs is 4. The number of thiazole rings is 1. The molecule has 2 bridgehead atoms. The van der Waals surface area contributed by atoms with E-state index in [2.05, 4.69) is 36.0 Å². The predicted molar refractivity (Wildman–Crippen MR) is 138 cm³/mol. The van der Waals surface area contributed by atoms with Gasteiger partial charge in [-0.15, -0.1) is 11.3 Å². The number of carbonyl (C=O) groups excluding carboxylic acids is 3. The highest BCUT2D eigenvalue weighted by molar-refractivity contribution is 7.09. The molecule has 1 N–H and O–H groups in total. The number of likely N-dealkylation sites (tertiary alicyclic amines) is 1. The summed E-state index contributed by atoms with van der Waals surface area (Å²) in [4.78, 5) is 47.9. The lowest BCUT2D eigenvalue weighted by Crippen LogP contribution is -2.60. The van der Waals surface area contributed by atoms with Crippen LogP contribution in [-0.2, 0) is 20.8 Å². The largest absolute Gasteiger partial charge is 0.353 e. The number of aromatic nitrogens is 1. The van der Waals surface area contributed by atoms with Gasteiger partial charge in [0.2, 0.25) is 17.7 Å². The van der Waals surface area contributed by atoms with Crippen molar-refractivity contribution in [1.82, 2.24) is 20.1 Å². The molecule has 0 aromatic carbocycles. The fraction of sp³-hybridized carbons (Fsp3) is 0.778. The summed E-state index contributed by atoms with van der Waals surface area (Å²) in [5.41, 5.74) is 0.854. The minimum atomic E-state index is 0.109. The van der Waals surface area contributed by atoms with Gasteiger partial charge in [0, 0.05) is 49.9 Å². The summed E-state index contributed by atoms with van der Waals surface area (Å²) >= 11 is 1.58. The first-order valence-corrected chi connectivity index (χ1v) is 14.3. The third-order valence-electron chi connectivity index (χ3n) is 8.19. The number of rotatable bonds is 3. The molecule has 0 saturated carbocycles. The van der Waals surface area contributed by atoms with E-state index in [0.717, 1.165) is 55.9 Å². The van der Waals surface area contributed by atoms with E-state index in [1.807, 2.05) is 17.2 Å². The first kappa shape index (κ1) is 26.1. The molecule has 7 nitrogen and oxygen atoms in total. The summed E-state index contributed by atoms with van der Waals surface area (Å²) in [5, 5.41) is 6.22. The highest BCUT2D eigenvalue weighted by Gasteiger charge is 2.43. The van der Waals surface area contributed by atoms with Crippen LogP contribution in [0, 0.1) is 30.6 Å². The molecule has 0 spiro atoms. The molecule has 1 aromatic heterocycles. The zero-order chi connectivity index (χ0) is 25.1. The van der Waals surface area contributed by atoms with Gasteiger partial charge in [-0.05, 0) is 62.7 Å². The predicted octanol–water partition coefficient (Wildman–Crippen LogP) is 3.80. The second kappa shape index (κ2) is 11.4. The Labute approximate surface area is 214 Å². The summed E-state index contributed by atoms with van der Waals surface area (Å²) in [6, 6.07) is 0.279. The molecule has 4 heterocycles. The van der Waals surface area contributed by atoms with Crippen LogP contribution in [0.25, 0.3) is 0 Å². The average Bonchev–Trinajstić information content (AvgIpc) is 3.21. The standard InChI is InChI=1S/C27H42N4O3S/c1-17(2)23-9-8-18(3)10-27(34)31-14-20-11-21(24(31)6-5-7-25(32)29-23)15-30(13-20)26(33)12-22-16-35-19(4)28-22/h16-18,20-21,23-24H,5-15H2,1-4H3,(H,29,32)/t18-,20+,21-,23+,24+/m1/s1. The van der Waals surface area contributed by atoms with E-state index in [0.29, 0.717) is 43.6 Å². The van der Waals surface area contributed by atoms with Crippen molar-refractivity contribution in [3.63, 3.8) is 0 Å². The van der Waals surface area contributed by atoms with Crippen molar-refractivity contribution in [2.24, 2.45) is 23.7 Å². The Morgan fingerprint density at radius 3 is 2.71 bits per heavy atom. The van der Waals surface area contributed by atoms with Gasteiger partial charge in [-0.1, -0.05) is 20.8 Å². The zero-order valence-electron chi connectivity index (χ0n) is 21.8. The summed E-state index contributed by atoms with van der Waals surface area (Å²) in [5.74, 6) is 1.81. The van der Waals surface area contributed by atoms with Crippen LogP contribution in [0.4, 0.5) is 0 Å². The lowest BCUT2D eigenvalue weighted by Gasteiger charge is -2.51. The number of hydrogen-bond donors (Lipinski definition) is 1. The van der Waals surface area contributed by atoms with E-state index in [1.165, 1.54) is 0 Å². The molecular weight excluding hydrogens is 460 g/mol. The van der Waals surface area contributed by atoms with Crippen molar-refractivity contribution < 1.29 is 14.4 Å². The lowest BCUT2D eigenvalue weighted by molar-refractivity contribution is -0.146. The molecule has 0 radical (unpaired) electrons. The first-order valence-electron chi connectivity index (χ1n) is 13.5. The van der Waals surface area contributed by atoms with Gasteiger partial charge < -0.3 is 15.1 Å². The molecule has 8 heteroatoms. The average molecular weight is 503 g/mol. The molecule has 35 heavy (non-hydrogen) atoms. The van der Waals surface area contributed by atoms with E-state index in [4.69, 9.17) is 0 Å². The normalized spacial score (nSPS) is 30.7. The van der Waals surface area contributed by atoms with Gasteiger partial charge >= 0.3 is 0 Å². The Balaban J connectivity index is 1.46. The molecule has 5 atom stereocenters. The van der Waals surface area contributed by atoms with Crippen molar-refractivity contribution in [3.8, 4) is 0 Å². The highest BCUT2D eigenvalue weighted by Crippen LogP contribution is 2.36. The van der Waals surface area contributed by atoms with Crippen molar-refractivity contribution >= 4 is 29.1 Å². The molecule has 0 aliphatic carbocycles. The van der Waals surface area contributed by atoms with Gasteiger partial charge in [0.05, 0.1) is 17.1 Å². The van der Waals surface area contributed by atoms with Crippen LogP contribution < -0.4 is 5.32 Å². The minimum absolute atomic E-state index is 0.109. The number of nitrogens with zero attached hydrogens (tertiary/aromatic N) is 3. The Kier molecular flexibility index (Phi) is 8.50. The Hall–Kier alpha value is -1.96. The van der Waals surface area contributed by atoms with Gasteiger partial charge in [-0.2, -0.15) is 0 Å². The molecule has 3 amide bonds. The zero-order valence-corrected chi connectivity index (χ0v) is 22.6. The monoisotopic (exact) mass is 502 g/mol. The Morgan fingerprint density at radius 1 is 1.20 bits per heavy atom. The molecule has 3 fully saturated rings. The van der Waals surface area contributed by atoms with Gasteiger partial charge in [0.15, 0.2) is 0 Å². The molecule has 194 valence electrons. The Morgan fingerprint density at radius 2 is 2.00 bits per heavy atom. The van der Waals surface area contributed by atoms with E-state index in [-0.39, 0.29) is 35.7 Å². The van der Waals surface area contributed by atoms with Gasteiger partial charge in [0.25, 0.3) is 0 Å². The van der Waals surface area contributed by atoms with Crippen molar-refractivity contribution in [3.05, 3.63) is 16.1 Å². The summed E-state index contributed by atoms with van der Waals surface area (Å²) in [6.07, 6.45) is 5.94. The topological polar surface area (TPSA) is 82.6 Å². The van der Waals surface area contributed by atoms with Crippen LogP contribution in [0.15, 0.2) is 5.38 Å². The second-order valence-electron chi connectivity index (χ2n) is 11.5. The molecule has 3 aliphatic heterocycles. The van der Waals surface area contributed by atoms with Crippen LogP contribution in [0.3, 0.4) is 0 Å². The van der Waals surface area contributed by atoms with Crippen molar-refractivity contribution in [1.29, 1.82) is 0 Å². The SMILES string of the molecule is Cc1nc(CC(=O)N2C[C@@H]3C[C@H](C2)[C@@H]2CCCC(=O)N[C@H](C(C)C)CC[C@@H](C)CC(=O)N2C3)cs1. The van der Waals surface area contributed by atoms with Crippen LogP contribution >= 0.6 is 11.3 Å². The molecule has 4 rings (SSSR count). The fourth-order valence-corrected chi connectivity index (χ4v) is 6.88. The number of hydrogen-bond acceptors (Lipinski definition) is 5. The van der Waals surface area contributed by atoms with Gasteiger partial charge in [-0.3, -0.25) is 14.4 Å². The van der Waals surface area contributed by atoms with Gasteiger partial charge in [0.1, 0.15) is 0 Å². The van der Waals surface area contributed by atoms with E-state index in [9.17, 15) is 14.4 Å². The number of piperidine rings is 2. The number of nitrogens with one attached hydrogen (secondary N) is 1. The highest BCUT2D eigenvalue weighted by atomic mass is 32.1. The Bertz CT molecular complexity index is 916. The van der Waals surface area contributed by atoms with Crippen molar-refractivity contribution in [2.45, 2.75) is 91.1 Å². The maximum atomic E-state index is 13.5. The molecule has 3 aliphatic rings. The molecular formula is C27H42N4O3S. The molecule has 1 aromatic rings. The van der Waals surface area contributed by atoms with Crippen LogP contribution in [0.5, 0.6) is 0 Å². The molecule has 0 unspecified atom stereocenters. The lowest BCUT2D eigenvalue weighted by atomic mass is 9.77. The maximum Gasteiger partial charge on any atom is 0.228 e. The third-order valence-corrected chi connectivity index (χ3v) is 9.01. The van der Waals surface area contributed by atoms with Gasteiger partial charge in [-0.25, -0.2) is 4.98 Å². The summed E-state index contributed by atoms with van der Waals surface area (Å²) in [6.45, 7) is 10.6. The second-order valence-corrected chi connectivity index (χ2v) is 12.6. The maximum absolute atomic E-state index is 13.5. The number of carbonyl (C=O) groups is 3. The molecule has 3 saturated heterocycles.